The standard InChI is InChI=1S/C23H20N2O5/c1-25-16-8-5-4-7-15(16)21(26)20(14-10-11-17(28-2)19(13-14)29-3)22(25)24-23(27)18-9-6-12-30-18/h4-13H,1-3H3,(H,24,27). The van der Waals surface area contributed by atoms with Gasteiger partial charge in [0.05, 0.1) is 31.6 Å². The Hall–Kier alpha value is -4.00. The monoisotopic (exact) mass is 404 g/mol. The van der Waals surface area contributed by atoms with Crippen LogP contribution >= 0.6 is 0 Å². The molecule has 0 fully saturated rings. The van der Waals surface area contributed by atoms with E-state index in [9.17, 15) is 9.59 Å². The molecule has 2 aromatic heterocycles. The Kier molecular flexibility index (Phi) is 5.02. The maximum Gasteiger partial charge on any atom is 0.292 e. The zero-order chi connectivity index (χ0) is 21.3. The highest BCUT2D eigenvalue weighted by Crippen LogP contribution is 2.35. The van der Waals surface area contributed by atoms with E-state index >= 15 is 0 Å². The van der Waals surface area contributed by atoms with Gasteiger partial charge in [0.2, 0.25) is 0 Å². The summed E-state index contributed by atoms with van der Waals surface area (Å²) in [5.74, 6) is 1.07. The molecule has 2 heterocycles. The summed E-state index contributed by atoms with van der Waals surface area (Å²) in [6, 6.07) is 15.6. The highest BCUT2D eigenvalue weighted by molar-refractivity contribution is 6.05. The molecule has 2 aromatic carbocycles. The van der Waals surface area contributed by atoms with Crippen molar-refractivity contribution in [1.82, 2.24) is 4.57 Å². The molecule has 1 N–H and O–H groups in total. The van der Waals surface area contributed by atoms with Crippen molar-refractivity contribution >= 4 is 22.6 Å². The number of nitrogens with one attached hydrogen (secondary N) is 1. The number of benzene rings is 2. The first kappa shape index (κ1) is 19.3. The lowest BCUT2D eigenvalue weighted by atomic mass is 10.0. The average molecular weight is 404 g/mol. The van der Waals surface area contributed by atoms with Gasteiger partial charge in [-0.15, -0.1) is 0 Å². The van der Waals surface area contributed by atoms with E-state index in [-0.39, 0.29) is 11.2 Å². The average Bonchev–Trinajstić information content (AvgIpc) is 3.32. The Morgan fingerprint density at radius 3 is 2.47 bits per heavy atom. The number of carbonyl (C=O) groups excluding carboxylic acids is 1. The quantitative estimate of drug-likeness (QED) is 0.542. The number of carbonyl (C=O) groups is 1. The van der Waals surface area contributed by atoms with Gasteiger partial charge in [-0.05, 0) is 42.0 Å². The van der Waals surface area contributed by atoms with Crippen LogP contribution in [0, 0.1) is 0 Å². The highest BCUT2D eigenvalue weighted by atomic mass is 16.5. The molecular weight excluding hydrogens is 384 g/mol. The lowest BCUT2D eigenvalue weighted by Gasteiger charge is -2.18. The number of pyridine rings is 1. The van der Waals surface area contributed by atoms with Crippen LogP contribution in [-0.4, -0.2) is 24.7 Å². The summed E-state index contributed by atoms with van der Waals surface area (Å²) >= 11 is 0. The minimum absolute atomic E-state index is 0.147. The second kappa shape index (κ2) is 7.79. The summed E-state index contributed by atoms with van der Waals surface area (Å²) in [7, 11) is 4.87. The third-order valence-corrected chi connectivity index (χ3v) is 4.96. The van der Waals surface area contributed by atoms with E-state index in [4.69, 9.17) is 13.9 Å². The molecule has 152 valence electrons. The molecule has 4 aromatic rings. The van der Waals surface area contributed by atoms with Gasteiger partial charge in [0.15, 0.2) is 22.7 Å². The Morgan fingerprint density at radius 2 is 1.77 bits per heavy atom. The van der Waals surface area contributed by atoms with Gasteiger partial charge in [0.25, 0.3) is 5.91 Å². The van der Waals surface area contributed by atoms with E-state index in [1.54, 1.807) is 55.1 Å². The van der Waals surface area contributed by atoms with Crippen molar-refractivity contribution in [2.75, 3.05) is 19.5 Å². The first-order valence-electron chi connectivity index (χ1n) is 9.24. The lowest BCUT2D eigenvalue weighted by molar-refractivity contribution is 0.0996. The number of anilines is 1. The maximum atomic E-state index is 13.5. The Morgan fingerprint density at radius 1 is 1.00 bits per heavy atom. The molecule has 0 radical (unpaired) electrons. The highest BCUT2D eigenvalue weighted by Gasteiger charge is 2.21. The topological polar surface area (TPSA) is 82.7 Å². The van der Waals surface area contributed by atoms with Gasteiger partial charge >= 0.3 is 0 Å². The van der Waals surface area contributed by atoms with Crippen LogP contribution in [-0.2, 0) is 7.05 Å². The van der Waals surface area contributed by atoms with Gasteiger partial charge < -0.3 is 23.8 Å². The van der Waals surface area contributed by atoms with Gasteiger partial charge in [-0.3, -0.25) is 9.59 Å². The summed E-state index contributed by atoms with van der Waals surface area (Å²) in [5.41, 5.74) is 1.43. The normalized spacial score (nSPS) is 10.8. The van der Waals surface area contributed by atoms with Crippen LogP contribution in [0.5, 0.6) is 11.5 Å². The van der Waals surface area contributed by atoms with Crippen molar-refractivity contribution < 1.29 is 18.7 Å². The van der Waals surface area contributed by atoms with E-state index in [1.165, 1.54) is 13.4 Å². The molecule has 7 nitrogen and oxygen atoms in total. The maximum absolute atomic E-state index is 13.5. The molecular formula is C23H20N2O5. The van der Waals surface area contributed by atoms with Crippen molar-refractivity contribution in [2.45, 2.75) is 0 Å². The predicted molar refractivity (Wildman–Crippen MR) is 114 cm³/mol. The smallest absolute Gasteiger partial charge is 0.292 e. The number of ether oxygens (including phenoxy) is 2. The molecule has 0 saturated carbocycles. The Labute approximate surface area is 172 Å². The van der Waals surface area contributed by atoms with Crippen molar-refractivity contribution in [3.05, 3.63) is 76.8 Å². The fraction of sp³-hybridized carbons (Fsp3) is 0.130. The van der Waals surface area contributed by atoms with E-state index in [1.807, 2.05) is 18.2 Å². The third kappa shape index (κ3) is 3.20. The van der Waals surface area contributed by atoms with Crippen LogP contribution in [0.1, 0.15) is 10.6 Å². The second-order valence-electron chi connectivity index (χ2n) is 6.63. The number of nitrogens with zero attached hydrogens (tertiary/aromatic N) is 1. The molecule has 0 aliphatic carbocycles. The molecule has 0 aliphatic rings. The van der Waals surface area contributed by atoms with E-state index in [0.717, 1.165) is 0 Å². The molecule has 0 unspecified atom stereocenters. The first-order valence-corrected chi connectivity index (χ1v) is 9.24. The summed E-state index contributed by atoms with van der Waals surface area (Å²) in [6.45, 7) is 0. The van der Waals surface area contributed by atoms with Gasteiger partial charge in [0.1, 0.15) is 5.82 Å². The molecule has 0 bridgehead atoms. The molecule has 4 rings (SSSR count). The number of methoxy groups -OCH3 is 2. The van der Waals surface area contributed by atoms with E-state index < -0.39 is 5.91 Å². The third-order valence-electron chi connectivity index (χ3n) is 4.96. The number of furan rings is 1. The fourth-order valence-corrected chi connectivity index (χ4v) is 3.47. The fourth-order valence-electron chi connectivity index (χ4n) is 3.47. The Bertz CT molecular complexity index is 1290. The van der Waals surface area contributed by atoms with Crippen molar-refractivity contribution in [3.8, 4) is 22.6 Å². The number of rotatable bonds is 5. The summed E-state index contributed by atoms with van der Waals surface area (Å²) < 4.78 is 17.7. The summed E-state index contributed by atoms with van der Waals surface area (Å²) in [5, 5.41) is 3.38. The van der Waals surface area contributed by atoms with Crippen molar-refractivity contribution in [3.63, 3.8) is 0 Å². The number of aryl methyl sites for hydroxylation is 1. The number of fused-ring (bicyclic) bond motifs is 1. The van der Waals surface area contributed by atoms with Crippen molar-refractivity contribution in [1.29, 1.82) is 0 Å². The van der Waals surface area contributed by atoms with Crippen LogP contribution in [0.15, 0.2) is 70.1 Å². The van der Waals surface area contributed by atoms with Crippen LogP contribution in [0.2, 0.25) is 0 Å². The predicted octanol–water partition coefficient (Wildman–Crippen LogP) is 4.07. The molecule has 0 spiro atoms. The zero-order valence-corrected chi connectivity index (χ0v) is 16.8. The summed E-state index contributed by atoms with van der Waals surface area (Å²) in [6.07, 6.45) is 1.42. The van der Waals surface area contributed by atoms with Gasteiger partial charge in [-0.1, -0.05) is 18.2 Å². The molecule has 0 atom stereocenters. The number of hydrogen-bond donors (Lipinski definition) is 1. The molecule has 30 heavy (non-hydrogen) atoms. The number of amides is 1. The number of para-hydroxylation sites is 1. The van der Waals surface area contributed by atoms with Crippen LogP contribution in [0.4, 0.5) is 5.82 Å². The second-order valence-corrected chi connectivity index (χ2v) is 6.63. The van der Waals surface area contributed by atoms with Crippen LogP contribution < -0.4 is 20.2 Å². The SMILES string of the molecule is COc1ccc(-c2c(NC(=O)c3ccco3)n(C)c3ccccc3c2=O)cc1OC. The van der Waals surface area contributed by atoms with Crippen molar-refractivity contribution in [2.24, 2.45) is 7.05 Å². The van der Waals surface area contributed by atoms with Gasteiger partial charge in [-0.25, -0.2) is 0 Å². The number of hydrogen-bond acceptors (Lipinski definition) is 5. The number of aromatic nitrogens is 1. The minimum Gasteiger partial charge on any atom is -0.493 e. The van der Waals surface area contributed by atoms with E-state index in [2.05, 4.69) is 5.32 Å². The van der Waals surface area contributed by atoms with Crippen LogP contribution in [0.3, 0.4) is 0 Å². The largest absolute Gasteiger partial charge is 0.493 e. The van der Waals surface area contributed by atoms with Gasteiger partial charge in [-0.2, -0.15) is 0 Å². The molecule has 7 heteroatoms. The van der Waals surface area contributed by atoms with Gasteiger partial charge in [0, 0.05) is 12.4 Å². The zero-order valence-electron chi connectivity index (χ0n) is 16.8. The first-order chi connectivity index (χ1) is 14.5. The molecule has 0 aliphatic heterocycles. The minimum atomic E-state index is -0.452. The Balaban J connectivity index is 1.99. The summed E-state index contributed by atoms with van der Waals surface area (Å²) in [4.78, 5) is 26.2. The van der Waals surface area contributed by atoms with E-state index in [0.29, 0.717) is 39.3 Å². The molecule has 0 saturated heterocycles. The molecule has 1 amide bonds. The van der Waals surface area contributed by atoms with Crippen LogP contribution in [0.25, 0.3) is 22.0 Å². The lowest BCUT2D eigenvalue weighted by Crippen LogP contribution is -2.21.